The van der Waals surface area contributed by atoms with Gasteiger partial charge in [-0.1, -0.05) is 23.5 Å². The number of hydrogen-bond donors (Lipinski definition) is 2. The van der Waals surface area contributed by atoms with Gasteiger partial charge in [-0.05, 0) is 50.6 Å². The molecule has 0 radical (unpaired) electrons. The van der Waals surface area contributed by atoms with Crippen molar-refractivity contribution in [2.75, 3.05) is 13.1 Å². The van der Waals surface area contributed by atoms with E-state index >= 15 is 0 Å². The number of benzene rings is 1. The average Bonchev–Trinajstić information content (AvgIpc) is 3.15. The van der Waals surface area contributed by atoms with E-state index < -0.39 is 0 Å². The van der Waals surface area contributed by atoms with Gasteiger partial charge in [-0.3, -0.25) is 9.69 Å². The molecule has 0 aliphatic carbocycles. The summed E-state index contributed by atoms with van der Waals surface area (Å²) in [5.41, 5.74) is 6.31. The van der Waals surface area contributed by atoms with Crippen LogP contribution in [-0.4, -0.2) is 43.6 Å². The van der Waals surface area contributed by atoms with Crippen LogP contribution in [0.2, 0.25) is 0 Å². The normalized spacial score (nSPS) is 17.4. The van der Waals surface area contributed by atoms with E-state index in [4.69, 9.17) is 5.73 Å². The number of carbonyl (C=O) groups excluding carboxylic acids is 1. The molecule has 27 heavy (non-hydrogen) atoms. The number of aromatic hydroxyl groups is 1. The minimum absolute atomic E-state index is 0.0435. The Kier molecular flexibility index (Phi) is 4.56. The summed E-state index contributed by atoms with van der Waals surface area (Å²) in [5.74, 6) is -0.0862. The van der Waals surface area contributed by atoms with Gasteiger partial charge in [0.25, 0.3) is 0 Å². The highest BCUT2D eigenvalue weighted by Gasteiger charge is 2.33. The van der Waals surface area contributed by atoms with E-state index in [0.717, 1.165) is 5.56 Å². The molecule has 3 heterocycles. The number of aromatic nitrogens is 3. The van der Waals surface area contributed by atoms with Gasteiger partial charge in [-0.15, -0.1) is 5.10 Å². The molecule has 1 aromatic carbocycles. The first-order valence-corrected chi connectivity index (χ1v) is 9.59. The van der Waals surface area contributed by atoms with Gasteiger partial charge in [0.05, 0.1) is 10.9 Å². The van der Waals surface area contributed by atoms with E-state index in [-0.39, 0.29) is 29.6 Å². The zero-order valence-corrected chi connectivity index (χ0v) is 15.6. The zero-order valence-electron chi connectivity index (χ0n) is 14.8. The highest BCUT2D eigenvalue weighted by Crippen LogP contribution is 2.41. The summed E-state index contributed by atoms with van der Waals surface area (Å²) in [4.78, 5) is 19.3. The summed E-state index contributed by atoms with van der Waals surface area (Å²) in [6, 6.07) is 6.00. The number of aryl methyl sites for hydroxylation is 1. The van der Waals surface area contributed by atoms with Crippen LogP contribution in [0.25, 0.3) is 4.96 Å². The molecule has 1 aliphatic heterocycles. The Balaban J connectivity index is 1.74. The number of piperidine rings is 1. The van der Waals surface area contributed by atoms with E-state index in [2.05, 4.69) is 15.0 Å². The third kappa shape index (κ3) is 3.28. The number of amides is 1. The van der Waals surface area contributed by atoms with Gasteiger partial charge < -0.3 is 10.8 Å². The summed E-state index contributed by atoms with van der Waals surface area (Å²) in [6.07, 6.45) is 1.32. The first-order valence-electron chi connectivity index (χ1n) is 8.78. The van der Waals surface area contributed by atoms with Gasteiger partial charge in [-0.25, -0.2) is 9.37 Å². The molecule has 1 fully saturated rings. The molecular formula is C18H20FN5O2S. The fourth-order valence-electron chi connectivity index (χ4n) is 3.64. The van der Waals surface area contributed by atoms with Crippen molar-refractivity contribution < 1.29 is 14.3 Å². The van der Waals surface area contributed by atoms with Gasteiger partial charge >= 0.3 is 0 Å². The van der Waals surface area contributed by atoms with Crippen LogP contribution in [0.5, 0.6) is 5.88 Å². The number of likely N-dealkylation sites (tertiary alicyclic amines) is 1. The molecule has 1 atom stereocenters. The molecule has 0 bridgehead atoms. The maximum absolute atomic E-state index is 13.4. The number of primary amides is 1. The van der Waals surface area contributed by atoms with Gasteiger partial charge in [0, 0.05) is 5.92 Å². The van der Waals surface area contributed by atoms with Gasteiger partial charge in [0.15, 0.2) is 0 Å². The fraction of sp³-hybridized carbons (Fsp3) is 0.389. The van der Waals surface area contributed by atoms with Crippen molar-refractivity contribution in [3.8, 4) is 5.88 Å². The molecule has 1 unspecified atom stereocenters. The summed E-state index contributed by atoms with van der Waals surface area (Å²) in [7, 11) is 0. The molecule has 0 spiro atoms. The SMILES string of the molecule is Cc1nc2sc(C(c3ccc(F)cc3)N3CCC(C(N)=O)CC3)c(O)n2n1. The Bertz CT molecular complexity index is 976. The fourth-order valence-corrected chi connectivity index (χ4v) is 4.80. The second-order valence-corrected chi connectivity index (χ2v) is 7.82. The summed E-state index contributed by atoms with van der Waals surface area (Å²) in [6.45, 7) is 3.08. The molecule has 4 rings (SSSR count). The number of rotatable bonds is 4. The number of halogens is 1. The maximum Gasteiger partial charge on any atom is 0.230 e. The van der Waals surface area contributed by atoms with Crippen molar-refractivity contribution in [2.45, 2.75) is 25.8 Å². The summed E-state index contributed by atoms with van der Waals surface area (Å²) >= 11 is 1.36. The minimum atomic E-state index is -0.313. The Labute approximate surface area is 159 Å². The van der Waals surface area contributed by atoms with Gasteiger partial charge in [0.2, 0.25) is 16.7 Å². The van der Waals surface area contributed by atoms with Crippen LogP contribution in [-0.2, 0) is 4.79 Å². The molecule has 1 aliphatic rings. The molecule has 1 saturated heterocycles. The Morgan fingerprint density at radius 3 is 2.59 bits per heavy atom. The third-order valence-corrected chi connectivity index (χ3v) is 6.11. The number of hydrogen-bond acceptors (Lipinski definition) is 6. The highest BCUT2D eigenvalue weighted by molar-refractivity contribution is 7.17. The van der Waals surface area contributed by atoms with Crippen molar-refractivity contribution in [2.24, 2.45) is 11.7 Å². The molecular weight excluding hydrogens is 369 g/mol. The smallest absolute Gasteiger partial charge is 0.230 e. The lowest BCUT2D eigenvalue weighted by Gasteiger charge is -2.36. The Hall–Kier alpha value is -2.52. The number of nitrogens with zero attached hydrogens (tertiary/aromatic N) is 4. The number of fused-ring (bicyclic) bond motifs is 1. The van der Waals surface area contributed by atoms with E-state index in [1.54, 1.807) is 19.1 Å². The standard InChI is InChI=1S/C18H20FN5O2S/c1-10-21-18-24(22-10)17(26)15(27-18)14(11-2-4-13(19)5-3-11)23-8-6-12(7-9-23)16(20)25/h2-5,12,14,26H,6-9H2,1H3,(H2,20,25). The van der Waals surface area contributed by atoms with E-state index in [1.807, 2.05) is 0 Å². The van der Waals surface area contributed by atoms with Crippen LogP contribution in [0.3, 0.4) is 0 Å². The zero-order chi connectivity index (χ0) is 19.1. The Morgan fingerprint density at radius 1 is 1.33 bits per heavy atom. The largest absolute Gasteiger partial charge is 0.492 e. The molecule has 142 valence electrons. The van der Waals surface area contributed by atoms with E-state index in [1.165, 1.54) is 28.0 Å². The van der Waals surface area contributed by atoms with Crippen LogP contribution in [0.15, 0.2) is 24.3 Å². The lowest BCUT2D eigenvalue weighted by molar-refractivity contribution is -0.123. The predicted octanol–water partition coefficient (Wildman–Crippen LogP) is 2.23. The van der Waals surface area contributed by atoms with Crippen LogP contribution < -0.4 is 5.73 Å². The molecule has 9 heteroatoms. The van der Waals surface area contributed by atoms with Crippen LogP contribution in [0, 0.1) is 18.7 Å². The van der Waals surface area contributed by atoms with Crippen LogP contribution in [0.4, 0.5) is 4.39 Å². The van der Waals surface area contributed by atoms with Gasteiger partial charge in [0.1, 0.15) is 11.6 Å². The van der Waals surface area contributed by atoms with E-state index in [9.17, 15) is 14.3 Å². The second kappa shape index (κ2) is 6.90. The van der Waals surface area contributed by atoms with E-state index in [0.29, 0.717) is 41.6 Å². The number of nitrogens with two attached hydrogens (primary N) is 1. The summed E-state index contributed by atoms with van der Waals surface area (Å²) < 4.78 is 14.9. The van der Waals surface area contributed by atoms with Crippen molar-refractivity contribution in [3.05, 3.63) is 46.3 Å². The lowest BCUT2D eigenvalue weighted by atomic mass is 9.93. The summed E-state index contributed by atoms with van der Waals surface area (Å²) in [5, 5.41) is 15.0. The first-order chi connectivity index (χ1) is 12.9. The molecule has 1 amide bonds. The predicted molar refractivity (Wildman–Crippen MR) is 99.0 cm³/mol. The molecule has 2 aromatic heterocycles. The van der Waals surface area contributed by atoms with Crippen molar-refractivity contribution in [1.29, 1.82) is 0 Å². The Morgan fingerprint density at radius 2 is 2.00 bits per heavy atom. The number of carbonyl (C=O) groups is 1. The van der Waals surface area contributed by atoms with Crippen molar-refractivity contribution in [1.82, 2.24) is 19.5 Å². The highest BCUT2D eigenvalue weighted by atomic mass is 32.1. The third-order valence-electron chi connectivity index (χ3n) is 5.04. The minimum Gasteiger partial charge on any atom is -0.492 e. The quantitative estimate of drug-likeness (QED) is 0.713. The molecule has 3 N–H and O–H groups in total. The lowest BCUT2D eigenvalue weighted by Crippen LogP contribution is -2.40. The van der Waals surface area contributed by atoms with Gasteiger partial charge in [-0.2, -0.15) is 4.52 Å². The first kappa shape index (κ1) is 17.9. The topological polar surface area (TPSA) is 96.8 Å². The number of thiazole rings is 1. The van der Waals surface area contributed by atoms with Crippen LogP contribution in [0.1, 0.15) is 35.1 Å². The molecule has 0 saturated carbocycles. The molecule has 7 nitrogen and oxygen atoms in total. The second-order valence-electron chi connectivity index (χ2n) is 6.81. The monoisotopic (exact) mass is 389 g/mol. The maximum atomic E-state index is 13.4. The van der Waals surface area contributed by atoms with Crippen molar-refractivity contribution in [3.63, 3.8) is 0 Å². The average molecular weight is 389 g/mol. The van der Waals surface area contributed by atoms with Crippen LogP contribution >= 0.6 is 11.3 Å². The molecule has 3 aromatic rings. The van der Waals surface area contributed by atoms with Crippen molar-refractivity contribution >= 4 is 22.2 Å².